The maximum Gasteiger partial charge on any atom is 0.261 e. The Morgan fingerprint density at radius 2 is 1.88 bits per heavy atom. The zero-order valence-corrected chi connectivity index (χ0v) is 20.3. The number of aromatic nitrogens is 2. The first-order valence-corrected chi connectivity index (χ1v) is 11.9. The van der Waals surface area contributed by atoms with E-state index in [4.69, 9.17) is 28.2 Å². The third-order valence-corrected chi connectivity index (χ3v) is 6.28. The molecule has 0 aliphatic heterocycles. The van der Waals surface area contributed by atoms with Crippen molar-refractivity contribution in [3.05, 3.63) is 74.3 Å². The number of hydrogen-bond donors (Lipinski definition) is 0. The van der Waals surface area contributed by atoms with E-state index in [0.717, 1.165) is 12.0 Å². The second kappa shape index (κ2) is 11.0. The van der Waals surface area contributed by atoms with Gasteiger partial charge in [-0.05, 0) is 56.0 Å². The van der Waals surface area contributed by atoms with E-state index in [2.05, 4.69) is 0 Å². The lowest BCUT2D eigenvalue weighted by atomic mass is 10.1. The highest BCUT2D eigenvalue weighted by atomic mass is 35.5. The molecule has 0 spiro atoms. The van der Waals surface area contributed by atoms with Crippen molar-refractivity contribution < 1.29 is 4.79 Å². The number of para-hydroxylation sites is 1. The van der Waals surface area contributed by atoms with Gasteiger partial charge in [0.15, 0.2) is 0 Å². The molecule has 5 nitrogen and oxygen atoms in total. The number of hydrogen-bond acceptors (Lipinski definition) is 3. The van der Waals surface area contributed by atoms with Crippen LogP contribution in [0.2, 0.25) is 10.0 Å². The van der Waals surface area contributed by atoms with Crippen LogP contribution >= 0.6 is 23.2 Å². The summed E-state index contributed by atoms with van der Waals surface area (Å²) in [6, 6.07) is 12.5. The summed E-state index contributed by atoms with van der Waals surface area (Å²) in [5, 5.41) is 1.76. The summed E-state index contributed by atoms with van der Waals surface area (Å²) in [6.45, 7) is 6.91. The van der Waals surface area contributed by atoms with Crippen molar-refractivity contribution in [1.82, 2.24) is 14.5 Å². The van der Waals surface area contributed by atoms with Gasteiger partial charge in [0.2, 0.25) is 5.91 Å². The van der Waals surface area contributed by atoms with E-state index < -0.39 is 0 Å². The Kier molecular flexibility index (Phi) is 8.32. The van der Waals surface area contributed by atoms with Crippen LogP contribution < -0.4 is 5.56 Å². The molecule has 3 rings (SSSR count). The molecule has 32 heavy (non-hydrogen) atoms. The van der Waals surface area contributed by atoms with Crippen molar-refractivity contribution in [3.8, 4) is 0 Å². The molecule has 0 aliphatic carbocycles. The van der Waals surface area contributed by atoms with E-state index in [1.54, 1.807) is 22.8 Å². The molecule has 7 heteroatoms. The number of nitrogens with zero attached hydrogens (tertiary/aromatic N) is 3. The number of halogens is 2. The van der Waals surface area contributed by atoms with Crippen LogP contribution in [0.4, 0.5) is 0 Å². The first-order chi connectivity index (χ1) is 15.4. The Bertz CT molecular complexity index is 1160. The Morgan fingerprint density at radius 3 is 2.53 bits per heavy atom. The normalized spacial score (nSPS) is 12.2. The summed E-state index contributed by atoms with van der Waals surface area (Å²) in [5.41, 5.74) is 1.51. The summed E-state index contributed by atoms with van der Waals surface area (Å²) in [5.74, 6) is 0.680. The zero-order chi connectivity index (χ0) is 23.3. The predicted molar refractivity (Wildman–Crippen MR) is 131 cm³/mol. The fraction of sp³-hybridized carbons (Fsp3) is 0.400. The largest absolute Gasteiger partial charge is 0.332 e. The van der Waals surface area contributed by atoms with Crippen molar-refractivity contribution >= 4 is 40.0 Å². The van der Waals surface area contributed by atoms with E-state index in [-0.39, 0.29) is 17.5 Å². The fourth-order valence-corrected chi connectivity index (χ4v) is 4.57. The summed E-state index contributed by atoms with van der Waals surface area (Å²) < 4.78 is 1.69. The van der Waals surface area contributed by atoms with Crippen molar-refractivity contribution in [2.75, 3.05) is 6.54 Å². The predicted octanol–water partition coefficient (Wildman–Crippen LogP) is 6.05. The maximum atomic E-state index is 13.2. The van der Waals surface area contributed by atoms with Crippen molar-refractivity contribution in [2.24, 2.45) is 0 Å². The molecule has 1 unspecified atom stereocenters. The Labute approximate surface area is 199 Å². The first kappa shape index (κ1) is 24.3. The minimum atomic E-state index is -0.308. The fourth-order valence-electron chi connectivity index (χ4n) is 4.06. The van der Waals surface area contributed by atoms with Crippen molar-refractivity contribution in [1.29, 1.82) is 0 Å². The Hall–Kier alpha value is -2.37. The minimum Gasteiger partial charge on any atom is -0.332 e. The van der Waals surface area contributed by atoms with Crippen LogP contribution in [0.25, 0.3) is 10.9 Å². The van der Waals surface area contributed by atoms with Crippen LogP contribution in [0.5, 0.6) is 0 Å². The van der Waals surface area contributed by atoms with Crippen LogP contribution in [0.15, 0.2) is 47.3 Å². The summed E-state index contributed by atoms with van der Waals surface area (Å²) in [4.78, 5) is 33.1. The van der Waals surface area contributed by atoms with Gasteiger partial charge in [-0.15, -0.1) is 0 Å². The summed E-state index contributed by atoms with van der Waals surface area (Å²) >= 11 is 12.4. The van der Waals surface area contributed by atoms with Gasteiger partial charge in [0.1, 0.15) is 5.82 Å². The lowest BCUT2D eigenvalue weighted by molar-refractivity contribution is -0.134. The SMILES string of the molecule is CCCC(=O)N(CCc1ccc(Cl)cc1Cl)C(CC)c1nc2ccccc2c(=O)n1CC. The molecule has 1 aromatic heterocycles. The van der Waals surface area contributed by atoms with E-state index in [0.29, 0.717) is 59.1 Å². The lowest BCUT2D eigenvalue weighted by Gasteiger charge is -2.32. The molecule has 0 saturated heterocycles. The van der Waals surface area contributed by atoms with Crippen LogP contribution in [-0.4, -0.2) is 26.9 Å². The number of rotatable bonds is 9. The van der Waals surface area contributed by atoms with Gasteiger partial charge in [-0.25, -0.2) is 4.98 Å². The van der Waals surface area contributed by atoms with E-state index >= 15 is 0 Å². The highest BCUT2D eigenvalue weighted by molar-refractivity contribution is 6.35. The Morgan fingerprint density at radius 1 is 1.12 bits per heavy atom. The van der Waals surface area contributed by atoms with Gasteiger partial charge in [0.05, 0.1) is 16.9 Å². The molecule has 1 amide bonds. The van der Waals surface area contributed by atoms with Crippen LogP contribution in [0.3, 0.4) is 0 Å². The third-order valence-electron chi connectivity index (χ3n) is 5.69. The minimum absolute atomic E-state index is 0.0505. The van der Waals surface area contributed by atoms with Gasteiger partial charge in [0, 0.05) is 29.6 Å². The molecular weight excluding hydrogens is 445 g/mol. The highest BCUT2D eigenvalue weighted by Gasteiger charge is 2.27. The number of fused-ring (bicyclic) bond motifs is 1. The standard InChI is InChI=1S/C25H29Cl2N3O2/c1-4-9-23(31)30(15-14-17-12-13-18(26)16-20(17)27)22(5-2)24-28-21-11-8-7-10-19(21)25(32)29(24)6-3/h7-8,10-13,16,22H,4-6,9,14-15H2,1-3H3. The van der Waals surface area contributed by atoms with Crippen LogP contribution in [0.1, 0.15) is 57.5 Å². The molecule has 170 valence electrons. The highest BCUT2D eigenvalue weighted by Crippen LogP contribution is 2.27. The molecule has 2 aromatic carbocycles. The molecule has 1 heterocycles. The van der Waals surface area contributed by atoms with Gasteiger partial charge in [-0.1, -0.05) is 55.2 Å². The Balaban J connectivity index is 2.04. The number of carbonyl (C=O) groups excluding carboxylic acids is 1. The van der Waals surface area contributed by atoms with E-state index in [9.17, 15) is 9.59 Å². The molecule has 0 radical (unpaired) electrons. The average molecular weight is 474 g/mol. The topological polar surface area (TPSA) is 55.2 Å². The zero-order valence-electron chi connectivity index (χ0n) is 18.8. The molecule has 0 N–H and O–H groups in total. The van der Waals surface area contributed by atoms with Crippen LogP contribution in [0, 0.1) is 0 Å². The maximum absolute atomic E-state index is 13.2. The van der Waals surface area contributed by atoms with E-state index in [1.807, 2.05) is 49.9 Å². The van der Waals surface area contributed by atoms with Gasteiger partial charge >= 0.3 is 0 Å². The quantitative estimate of drug-likeness (QED) is 0.380. The molecule has 0 saturated carbocycles. The van der Waals surface area contributed by atoms with Crippen LogP contribution in [-0.2, 0) is 17.8 Å². The molecule has 0 fully saturated rings. The van der Waals surface area contributed by atoms with Crippen molar-refractivity contribution in [2.45, 2.75) is 59.0 Å². The smallest absolute Gasteiger partial charge is 0.261 e. The average Bonchev–Trinajstić information content (AvgIpc) is 2.78. The monoisotopic (exact) mass is 473 g/mol. The van der Waals surface area contributed by atoms with Crippen molar-refractivity contribution in [3.63, 3.8) is 0 Å². The second-order valence-corrected chi connectivity index (χ2v) is 8.63. The van der Waals surface area contributed by atoms with Gasteiger partial charge in [0.25, 0.3) is 5.56 Å². The molecule has 3 aromatic rings. The molecule has 0 aliphatic rings. The van der Waals surface area contributed by atoms with Gasteiger partial charge in [-0.2, -0.15) is 0 Å². The third kappa shape index (κ3) is 5.16. The molecular formula is C25H29Cl2N3O2. The summed E-state index contributed by atoms with van der Waals surface area (Å²) in [7, 11) is 0. The second-order valence-electron chi connectivity index (χ2n) is 7.78. The number of carbonyl (C=O) groups is 1. The van der Waals surface area contributed by atoms with Gasteiger partial charge in [-0.3, -0.25) is 14.2 Å². The van der Waals surface area contributed by atoms with Gasteiger partial charge < -0.3 is 4.90 Å². The molecule has 0 bridgehead atoms. The molecule has 1 atom stereocenters. The lowest BCUT2D eigenvalue weighted by Crippen LogP contribution is -2.39. The van der Waals surface area contributed by atoms with E-state index in [1.165, 1.54) is 0 Å². The number of benzene rings is 2. The summed E-state index contributed by atoms with van der Waals surface area (Å²) in [6.07, 6.45) is 2.43. The first-order valence-electron chi connectivity index (χ1n) is 11.1. The number of amides is 1.